The van der Waals surface area contributed by atoms with Crippen molar-refractivity contribution in [2.75, 3.05) is 0 Å². The highest BCUT2D eigenvalue weighted by Crippen LogP contribution is 2.29. The Bertz CT molecular complexity index is 502. The van der Waals surface area contributed by atoms with E-state index in [0.29, 0.717) is 11.8 Å². The molecule has 0 aromatic heterocycles. The molecule has 0 aliphatic carbocycles. The maximum atomic E-state index is 6.37. The molecule has 1 rings (SSSR count). The summed E-state index contributed by atoms with van der Waals surface area (Å²) in [6, 6.07) is -0.133. The third-order valence-electron chi connectivity index (χ3n) is 2.71. The fourth-order valence-electron chi connectivity index (χ4n) is 2.20. The second-order valence-electron chi connectivity index (χ2n) is 9.19. The summed E-state index contributed by atoms with van der Waals surface area (Å²) in [5.41, 5.74) is -0.883. The Morgan fingerprint density at radius 3 is 1.70 bits per heavy atom. The molecule has 1 aliphatic heterocycles. The van der Waals surface area contributed by atoms with Crippen molar-refractivity contribution >= 4 is 36.7 Å². The molecule has 8 heteroatoms. The zero-order valence-corrected chi connectivity index (χ0v) is 19.7. The van der Waals surface area contributed by atoms with Gasteiger partial charge in [-0.3, -0.25) is 0 Å². The van der Waals surface area contributed by atoms with Crippen LogP contribution in [0.4, 0.5) is 0 Å². The maximum absolute atomic E-state index is 6.37. The van der Waals surface area contributed by atoms with Crippen molar-refractivity contribution in [2.45, 2.75) is 84.5 Å². The van der Waals surface area contributed by atoms with Gasteiger partial charge in [0.2, 0.25) is 28.3 Å². The number of rotatable bonds is 4. The molecule has 0 aromatic carbocycles. The van der Waals surface area contributed by atoms with Gasteiger partial charge in [-0.25, -0.2) is 9.98 Å². The van der Waals surface area contributed by atoms with Crippen LogP contribution in [0, 0.1) is 0 Å². The molecule has 0 radical (unpaired) electrons. The van der Waals surface area contributed by atoms with Gasteiger partial charge in [0.15, 0.2) is 14.2 Å². The van der Waals surface area contributed by atoms with Crippen LogP contribution in [0.25, 0.3) is 0 Å². The summed E-state index contributed by atoms with van der Waals surface area (Å²) in [6.07, 6.45) is 0. The summed E-state index contributed by atoms with van der Waals surface area (Å²) < 4.78 is 18.7. The lowest BCUT2D eigenvalue weighted by atomic mass is 10.2. The van der Waals surface area contributed by atoms with Crippen molar-refractivity contribution in [3.8, 4) is 0 Å². The minimum Gasteiger partial charge on any atom is -0.533 e. The second kappa shape index (κ2) is 6.45. The Balaban J connectivity index is 3.24. The van der Waals surface area contributed by atoms with Gasteiger partial charge < -0.3 is 13.3 Å². The maximum Gasteiger partial charge on any atom is 0.244 e. The Hall–Kier alpha value is -0.449. The third-order valence-corrected chi connectivity index (χ3v) is 5.34. The van der Waals surface area contributed by atoms with E-state index in [1.165, 1.54) is 0 Å². The number of nitrogens with zero attached hydrogens (tertiary/aromatic N) is 2. The van der Waals surface area contributed by atoms with E-state index >= 15 is 0 Å². The Morgan fingerprint density at radius 2 is 1.30 bits per heavy atom. The van der Waals surface area contributed by atoms with Crippen LogP contribution in [0.2, 0.25) is 58.9 Å². The standard InChI is InChI=1S/C15H34N2O3Si3/c1-12-13(18-21(3,4)5)17-15(2,20-23(9,10)11)14(16-12)19-22(6,7)8/h12H,1-11H3. The Morgan fingerprint density at radius 1 is 0.826 bits per heavy atom. The van der Waals surface area contributed by atoms with Crippen molar-refractivity contribution in [2.24, 2.45) is 9.98 Å². The summed E-state index contributed by atoms with van der Waals surface area (Å²) in [4.78, 5) is 9.60. The first-order valence-corrected chi connectivity index (χ1v) is 18.5. The summed E-state index contributed by atoms with van der Waals surface area (Å²) in [7, 11) is -5.40. The zero-order chi connectivity index (χ0) is 18.3. The normalized spacial score (nSPS) is 26.5. The average Bonchev–Trinajstić information content (AvgIpc) is 2.18. The van der Waals surface area contributed by atoms with Crippen molar-refractivity contribution < 1.29 is 13.3 Å². The summed E-state index contributed by atoms with van der Waals surface area (Å²) in [5.74, 6) is 1.28. The first-order chi connectivity index (χ1) is 10.0. The molecule has 0 N–H and O–H groups in total. The monoisotopic (exact) mass is 374 g/mol. The van der Waals surface area contributed by atoms with Crippen LogP contribution in [0.1, 0.15) is 13.8 Å². The molecule has 0 bridgehead atoms. The van der Waals surface area contributed by atoms with E-state index in [2.05, 4.69) is 58.9 Å². The van der Waals surface area contributed by atoms with Gasteiger partial charge >= 0.3 is 0 Å². The number of hydrogen-bond donors (Lipinski definition) is 0. The van der Waals surface area contributed by atoms with E-state index in [0.717, 1.165) is 0 Å². The number of aliphatic imine (C=N–C) groups is 2. The highest BCUT2D eigenvalue weighted by atomic mass is 28.4. The molecular formula is C15H34N2O3Si3. The van der Waals surface area contributed by atoms with Crippen LogP contribution in [0.15, 0.2) is 9.98 Å². The molecule has 2 unspecified atom stereocenters. The van der Waals surface area contributed by atoms with Gasteiger partial charge in [-0.2, -0.15) is 0 Å². The largest absolute Gasteiger partial charge is 0.533 e. The molecule has 0 aromatic rings. The summed E-state index contributed by atoms with van der Waals surface area (Å²) in [5, 5.41) is 0. The smallest absolute Gasteiger partial charge is 0.244 e. The van der Waals surface area contributed by atoms with Crippen molar-refractivity contribution in [1.29, 1.82) is 0 Å². The summed E-state index contributed by atoms with van der Waals surface area (Å²) in [6.45, 7) is 23.3. The van der Waals surface area contributed by atoms with E-state index in [4.69, 9.17) is 23.3 Å². The average molecular weight is 375 g/mol. The molecular weight excluding hydrogens is 340 g/mol. The lowest BCUT2D eigenvalue weighted by molar-refractivity contribution is 0.136. The molecule has 0 amide bonds. The SMILES string of the molecule is CC1N=C(O[Si](C)(C)C)C(C)(O[Si](C)(C)C)N=C1O[Si](C)(C)C. The van der Waals surface area contributed by atoms with Crippen molar-refractivity contribution in [3.05, 3.63) is 0 Å². The van der Waals surface area contributed by atoms with Gasteiger partial charge in [-0.05, 0) is 72.8 Å². The van der Waals surface area contributed by atoms with Crippen LogP contribution >= 0.6 is 0 Å². The minimum absolute atomic E-state index is 0.133. The van der Waals surface area contributed by atoms with Gasteiger partial charge in [0.1, 0.15) is 6.04 Å². The van der Waals surface area contributed by atoms with Crippen LogP contribution in [-0.2, 0) is 13.3 Å². The van der Waals surface area contributed by atoms with Gasteiger partial charge in [-0.15, -0.1) is 0 Å². The van der Waals surface area contributed by atoms with E-state index in [9.17, 15) is 0 Å². The highest BCUT2D eigenvalue weighted by molar-refractivity contribution is 6.72. The predicted octanol–water partition coefficient (Wildman–Crippen LogP) is 4.46. The quantitative estimate of drug-likeness (QED) is 0.683. The lowest BCUT2D eigenvalue weighted by Gasteiger charge is -2.40. The van der Waals surface area contributed by atoms with Gasteiger partial charge in [0.25, 0.3) is 0 Å². The Labute approximate surface area is 144 Å². The molecule has 0 saturated heterocycles. The molecule has 23 heavy (non-hydrogen) atoms. The van der Waals surface area contributed by atoms with E-state index in [1.54, 1.807) is 0 Å². The molecule has 0 saturated carbocycles. The van der Waals surface area contributed by atoms with E-state index < -0.39 is 30.7 Å². The first kappa shape index (κ1) is 20.6. The van der Waals surface area contributed by atoms with Gasteiger partial charge in [-0.1, -0.05) is 0 Å². The van der Waals surface area contributed by atoms with Crippen molar-refractivity contribution in [1.82, 2.24) is 0 Å². The lowest BCUT2D eigenvalue weighted by Crippen LogP contribution is -2.53. The van der Waals surface area contributed by atoms with E-state index in [1.807, 2.05) is 13.8 Å². The first-order valence-electron chi connectivity index (χ1n) is 8.27. The van der Waals surface area contributed by atoms with Gasteiger partial charge in [0.05, 0.1) is 0 Å². The fourth-order valence-corrected chi connectivity index (χ4v) is 5.19. The number of hydrogen-bond acceptors (Lipinski definition) is 5. The molecule has 0 spiro atoms. The van der Waals surface area contributed by atoms with Crippen LogP contribution in [0.5, 0.6) is 0 Å². The predicted molar refractivity (Wildman–Crippen MR) is 106 cm³/mol. The molecule has 5 nitrogen and oxygen atoms in total. The fraction of sp³-hybridized carbons (Fsp3) is 0.867. The topological polar surface area (TPSA) is 52.4 Å². The van der Waals surface area contributed by atoms with Crippen LogP contribution in [-0.4, -0.2) is 48.5 Å². The zero-order valence-electron chi connectivity index (χ0n) is 16.7. The summed E-state index contributed by atoms with van der Waals surface area (Å²) >= 11 is 0. The molecule has 0 fully saturated rings. The van der Waals surface area contributed by atoms with Crippen molar-refractivity contribution in [3.63, 3.8) is 0 Å². The Kier molecular flexibility index (Phi) is 5.78. The van der Waals surface area contributed by atoms with Crippen LogP contribution < -0.4 is 0 Å². The van der Waals surface area contributed by atoms with E-state index in [-0.39, 0.29) is 6.04 Å². The minimum atomic E-state index is -1.84. The second-order valence-corrected chi connectivity index (χ2v) is 22.5. The highest BCUT2D eigenvalue weighted by Gasteiger charge is 2.44. The van der Waals surface area contributed by atoms with Crippen LogP contribution in [0.3, 0.4) is 0 Å². The molecule has 1 heterocycles. The molecule has 2 atom stereocenters. The molecule has 134 valence electrons. The van der Waals surface area contributed by atoms with Gasteiger partial charge in [0, 0.05) is 0 Å². The third kappa shape index (κ3) is 6.90. The molecule has 1 aliphatic rings.